The average Bonchev–Trinajstić information content (AvgIpc) is 2.85. The lowest BCUT2D eigenvalue weighted by Crippen LogP contribution is -2.43. The number of hydrogen-bond acceptors (Lipinski definition) is 9. The molecule has 198 valence electrons. The molecular weight excluding hydrogens is 506 g/mol. The van der Waals surface area contributed by atoms with Gasteiger partial charge in [-0.15, -0.1) is 0 Å². The molecule has 0 radical (unpaired) electrons. The lowest BCUT2D eigenvalue weighted by Gasteiger charge is -2.28. The van der Waals surface area contributed by atoms with Gasteiger partial charge in [0.15, 0.2) is 18.0 Å². The third-order valence-corrected chi connectivity index (χ3v) is 7.29. The van der Waals surface area contributed by atoms with Crippen LogP contribution in [0, 0.1) is 0 Å². The van der Waals surface area contributed by atoms with E-state index in [2.05, 4.69) is 0 Å². The molecule has 0 spiro atoms. The van der Waals surface area contributed by atoms with Gasteiger partial charge in [-0.1, -0.05) is 74.0 Å². The molecule has 0 saturated heterocycles. The normalized spacial score (nSPS) is 16.3. The van der Waals surface area contributed by atoms with Crippen molar-refractivity contribution in [2.24, 2.45) is 0 Å². The van der Waals surface area contributed by atoms with Crippen molar-refractivity contribution in [3.8, 4) is 0 Å². The van der Waals surface area contributed by atoms with Gasteiger partial charge in [0, 0.05) is 13.3 Å². The Kier molecular flexibility index (Phi) is 12.2. The number of hydrogen-bond donors (Lipinski definition) is 0. The van der Waals surface area contributed by atoms with E-state index in [1.54, 1.807) is 48.5 Å². The summed E-state index contributed by atoms with van der Waals surface area (Å²) >= 11 is 0. The Labute approximate surface area is 212 Å². The monoisotopic (exact) mass is 540 g/mol. The molecule has 0 amide bonds. The second kappa shape index (κ2) is 14.6. The fourth-order valence-corrected chi connectivity index (χ4v) is 5.14. The third-order valence-electron chi connectivity index (χ3n) is 4.88. The number of Topliss-reactive ketones (excluding diaryl/α,β-unsaturated/α-hetero) is 1. The van der Waals surface area contributed by atoms with Crippen LogP contribution in [0.25, 0.3) is 0 Å². The van der Waals surface area contributed by atoms with Gasteiger partial charge in [-0.3, -0.25) is 23.0 Å². The average molecular weight is 540 g/mol. The van der Waals surface area contributed by atoms with Crippen molar-refractivity contribution in [2.45, 2.75) is 52.1 Å². The molecule has 0 aromatic heterocycles. The third kappa shape index (κ3) is 10.9. The SMILES string of the molecule is CCCCOC(=O)[C@H](OP(C)(=O)OCc1ccccc1)[C@@H](OP(C)(=O)OCc1ccccc1)C(C)=O. The number of benzene rings is 2. The Morgan fingerprint density at radius 2 is 1.22 bits per heavy atom. The highest BCUT2D eigenvalue weighted by molar-refractivity contribution is 7.53. The van der Waals surface area contributed by atoms with E-state index < -0.39 is 39.2 Å². The van der Waals surface area contributed by atoms with Crippen LogP contribution in [0.15, 0.2) is 60.7 Å². The van der Waals surface area contributed by atoms with E-state index in [4.69, 9.17) is 22.8 Å². The summed E-state index contributed by atoms with van der Waals surface area (Å²) in [6.45, 7) is 5.39. The summed E-state index contributed by atoms with van der Waals surface area (Å²) in [5, 5.41) is 0. The van der Waals surface area contributed by atoms with Gasteiger partial charge in [-0.2, -0.15) is 0 Å². The Morgan fingerprint density at radius 1 is 0.778 bits per heavy atom. The van der Waals surface area contributed by atoms with Crippen molar-refractivity contribution >= 4 is 26.9 Å². The Bertz CT molecular complexity index is 1060. The molecule has 2 unspecified atom stereocenters. The van der Waals surface area contributed by atoms with Crippen molar-refractivity contribution in [3.05, 3.63) is 71.8 Å². The lowest BCUT2D eigenvalue weighted by molar-refractivity contribution is -0.160. The highest BCUT2D eigenvalue weighted by Gasteiger charge is 2.42. The lowest BCUT2D eigenvalue weighted by atomic mass is 10.1. The minimum atomic E-state index is -3.89. The first kappa shape index (κ1) is 30.1. The topological polar surface area (TPSA) is 114 Å². The van der Waals surface area contributed by atoms with Crippen LogP contribution in [0.4, 0.5) is 0 Å². The number of carbonyl (C=O) groups is 2. The van der Waals surface area contributed by atoms with Crippen LogP contribution in [0.3, 0.4) is 0 Å². The molecule has 0 aliphatic carbocycles. The zero-order valence-corrected chi connectivity index (χ0v) is 22.8. The van der Waals surface area contributed by atoms with E-state index in [1.807, 2.05) is 19.1 Å². The molecule has 0 fully saturated rings. The fourth-order valence-electron chi connectivity index (χ4n) is 2.97. The minimum absolute atomic E-state index is 0.0435. The van der Waals surface area contributed by atoms with Gasteiger partial charge in [0.2, 0.25) is 0 Å². The van der Waals surface area contributed by atoms with Crippen LogP contribution in [-0.4, -0.2) is 43.9 Å². The standard InChI is InChI=1S/C25H34O9P2/c1-5-6-17-30-25(27)24(34-36(4,29)32-19-22-15-11-8-12-16-22)23(20(2)26)33-35(3,28)31-18-21-13-9-7-10-14-21/h7-16,23-24H,5-6,17-19H2,1-4H3/t23-,24+,35?,36?/m0/s1. The van der Waals surface area contributed by atoms with Gasteiger partial charge in [0.05, 0.1) is 19.8 Å². The molecular formula is C25H34O9P2. The van der Waals surface area contributed by atoms with Crippen molar-refractivity contribution in [1.82, 2.24) is 0 Å². The molecule has 0 saturated carbocycles. The van der Waals surface area contributed by atoms with E-state index in [9.17, 15) is 18.7 Å². The molecule has 2 aromatic rings. The first-order valence-corrected chi connectivity index (χ1v) is 15.6. The highest BCUT2D eigenvalue weighted by Crippen LogP contribution is 2.50. The molecule has 11 heteroatoms. The van der Waals surface area contributed by atoms with Crippen molar-refractivity contribution < 1.29 is 41.6 Å². The van der Waals surface area contributed by atoms with Crippen LogP contribution < -0.4 is 0 Å². The maximum absolute atomic E-state index is 13.1. The van der Waals surface area contributed by atoms with Gasteiger partial charge in [0.25, 0.3) is 0 Å². The molecule has 0 bridgehead atoms. The largest absolute Gasteiger partial charge is 0.464 e. The number of ketones is 1. The number of unbranched alkanes of at least 4 members (excludes halogenated alkanes) is 1. The smallest absolute Gasteiger partial charge is 0.339 e. The molecule has 36 heavy (non-hydrogen) atoms. The first-order chi connectivity index (χ1) is 17.0. The van der Waals surface area contributed by atoms with Crippen LogP contribution >= 0.6 is 15.2 Å². The molecule has 0 N–H and O–H groups in total. The maximum atomic E-state index is 13.1. The van der Waals surface area contributed by atoms with Crippen LogP contribution in [0.1, 0.15) is 37.8 Å². The molecule has 2 aromatic carbocycles. The summed E-state index contributed by atoms with van der Waals surface area (Å²) < 4.78 is 53.3. The molecule has 9 nitrogen and oxygen atoms in total. The second-order valence-corrected chi connectivity index (χ2v) is 12.3. The number of ether oxygens (including phenoxy) is 1. The predicted octanol–water partition coefficient (Wildman–Crippen LogP) is 5.77. The van der Waals surface area contributed by atoms with E-state index in [-0.39, 0.29) is 19.8 Å². The predicted molar refractivity (Wildman–Crippen MR) is 136 cm³/mol. The zero-order valence-electron chi connectivity index (χ0n) is 21.0. The number of esters is 1. The number of carbonyl (C=O) groups excluding carboxylic acids is 2. The fraction of sp³-hybridized carbons (Fsp3) is 0.440. The minimum Gasteiger partial charge on any atom is -0.464 e. The van der Waals surface area contributed by atoms with E-state index in [1.165, 1.54) is 13.3 Å². The molecule has 0 aliphatic heterocycles. The van der Waals surface area contributed by atoms with Crippen molar-refractivity contribution in [3.63, 3.8) is 0 Å². The molecule has 2 rings (SSSR count). The van der Waals surface area contributed by atoms with E-state index >= 15 is 0 Å². The van der Waals surface area contributed by atoms with Crippen molar-refractivity contribution in [1.29, 1.82) is 0 Å². The maximum Gasteiger partial charge on any atom is 0.339 e. The van der Waals surface area contributed by atoms with Gasteiger partial charge in [0.1, 0.15) is 0 Å². The van der Waals surface area contributed by atoms with Crippen LogP contribution in [0.2, 0.25) is 0 Å². The summed E-state index contributed by atoms with van der Waals surface area (Å²) in [5.74, 6) is -1.65. The van der Waals surface area contributed by atoms with Gasteiger partial charge in [-0.05, 0) is 24.5 Å². The Hall–Kier alpha value is -2.12. The van der Waals surface area contributed by atoms with Gasteiger partial charge >= 0.3 is 21.2 Å². The molecule has 4 atom stereocenters. The Morgan fingerprint density at radius 3 is 1.64 bits per heavy atom. The zero-order chi connectivity index (χ0) is 26.6. The quantitative estimate of drug-likeness (QED) is 0.149. The first-order valence-electron chi connectivity index (χ1n) is 11.6. The summed E-state index contributed by atoms with van der Waals surface area (Å²) in [7, 11) is -7.75. The molecule has 0 aliphatic rings. The van der Waals surface area contributed by atoms with Crippen molar-refractivity contribution in [2.75, 3.05) is 19.9 Å². The summed E-state index contributed by atoms with van der Waals surface area (Å²) in [6.07, 6.45) is -2.14. The second-order valence-electron chi connectivity index (χ2n) is 8.24. The van der Waals surface area contributed by atoms with E-state index in [0.717, 1.165) is 24.5 Å². The van der Waals surface area contributed by atoms with E-state index in [0.29, 0.717) is 6.42 Å². The van der Waals surface area contributed by atoms with Crippen LogP contribution in [0.5, 0.6) is 0 Å². The Balaban J connectivity index is 2.19. The molecule has 0 heterocycles. The highest BCUT2D eigenvalue weighted by atomic mass is 31.2. The van der Waals surface area contributed by atoms with Crippen LogP contribution in [-0.2, 0) is 54.8 Å². The summed E-state index contributed by atoms with van der Waals surface area (Å²) in [5.41, 5.74) is 1.47. The summed E-state index contributed by atoms with van der Waals surface area (Å²) in [6, 6.07) is 17.9. The summed E-state index contributed by atoms with van der Waals surface area (Å²) in [4.78, 5) is 25.4. The van der Waals surface area contributed by atoms with Gasteiger partial charge in [-0.25, -0.2) is 4.79 Å². The number of rotatable bonds is 16. The van der Waals surface area contributed by atoms with Gasteiger partial charge < -0.3 is 13.8 Å².